The first kappa shape index (κ1) is 17.8. The molecule has 0 radical (unpaired) electrons. The lowest BCUT2D eigenvalue weighted by atomic mass is 10.0. The molecule has 0 aromatic heterocycles. The fourth-order valence-electron chi connectivity index (χ4n) is 2.02. The van der Waals surface area contributed by atoms with Crippen LogP contribution >= 0.6 is 0 Å². The molecule has 3 atom stereocenters. The predicted octanol–water partition coefficient (Wildman–Crippen LogP) is 1.59. The Bertz CT molecular complexity index is 175. The van der Waals surface area contributed by atoms with Gasteiger partial charge in [0, 0.05) is 0 Å². The lowest BCUT2D eigenvalue weighted by molar-refractivity contribution is -0.0787. The second kappa shape index (κ2) is 11.9. The number of aliphatic hydroxyl groups is 4. The van der Waals surface area contributed by atoms with E-state index >= 15 is 0 Å². The van der Waals surface area contributed by atoms with Crippen LogP contribution in [-0.2, 0) is 0 Å². The molecule has 4 heteroatoms. The van der Waals surface area contributed by atoms with Crippen LogP contribution < -0.4 is 0 Å². The summed E-state index contributed by atoms with van der Waals surface area (Å²) in [6, 6.07) is 0. The van der Waals surface area contributed by atoms with Gasteiger partial charge < -0.3 is 20.4 Å². The van der Waals surface area contributed by atoms with Gasteiger partial charge in [-0.2, -0.15) is 0 Å². The molecule has 4 N–H and O–H groups in total. The molecule has 0 bridgehead atoms. The van der Waals surface area contributed by atoms with Gasteiger partial charge >= 0.3 is 0 Å². The number of aliphatic hydroxyl groups excluding tert-OH is 4. The Kier molecular flexibility index (Phi) is 11.8. The van der Waals surface area contributed by atoms with Gasteiger partial charge in [-0.1, -0.05) is 58.3 Å². The van der Waals surface area contributed by atoms with Crippen LogP contribution in [0, 0.1) is 0 Å². The van der Waals surface area contributed by atoms with Gasteiger partial charge in [0.1, 0.15) is 12.2 Å². The molecule has 0 amide bonds. The average Bonchev–Trinajstić information content (AvgIpc) is 2.39. The standard InChI is InChI=1S/C14H30O4/c1-2-3-4-5-6-7-8-9-10-12(16)14(18)13(17)11-15/h12-18H,2-11H2,1H3/t12?,13-,14-/m1/s1. The smallest absolute Gasteiger partial charge is 0.108 e. The lowest BCUT2D eigenvalue weighted by Crippen LogP contribution is -2.39. The normalized spacial score (nSPS) is 16.5. The topological polar surface area (TPSA) is 80.9 Å². The highest BCUT2D eigenvalue weighted by Crippen LogP contribution is 2.12. The second-order valence-electron chi connectivity index (χ2n) is 5.07. The third-order valence-corrected chi connectivity index (χ3v) is 3.33. The van der Waals surface area contributed by atoms with E-state index in [1.807, 2.05) is 0 Å². The molecule has 0 saturated heterocycles. The first-order valence-electron chi connectivity index (χ1n) is 7.28. The highest BCUT2D eigenvalue weighted by Gasteiger charge is 2.23. The van der Waals surface area contributed by atoms with Crippen LogP contribution in [-0.4, -0.2) is 45.3 Å². The Morgan fingerprint density at radius 3 is 1.72 bits per heavy atom. The van der Waals surface area contributed by atoms with Crippen molar-refractivity contribution in [2.45, 2.75) is 83.0 Å². The van der Waals surface area contributed by atoms with E-state index in [0.29, 0.717) is 6.42 Å². The van der Waals surface area contributed by atoms with Crippen molar-refractivity contribution in [1.29, 1.82) is 0 Å². The maximum absolute atomic E-state index is 9.57. The third-order valence-electron chi connectivity index (χ3n) is 3.33. The summed E-state index contributed by atoms with van der Waals surface area (Å²) < 4.78 is 0. The van der Waals surface area contributed by atoms with Crippen molar-refractivity contribution in [2.24, 2.45) is 0 Å². The summed E-state index contributed by atoms with van der Waals surface area (Å²) in [5.41, 5.74) is 0. The first-order chi connectivity index (χ1) is 8.63. The van der Waals surface area contributed by atoms with Crippen molar-refractivity contribution < 1.29 is 20.4 Å². The Morgan fingerprint density at radius 2 is 1.22 bits per heavy atom. The van der Waals surface area contributed by atoms with Crippen LogP contribution in [0.15, 0.2) is 0 Å². The largest absolute Gasteiger partial charge is 0.394 e. The highest BCUT2D eigenvalue weighted by atomic mass is 16.4. The van der Waals surface area contributed by atoms with Crippen molar-refractivity contribution in [3.05, 3.63) is 0 Å². The van der Waals surface area contributed by atoms with Crippen molar-refractivity contribution in [1.82, 2.24) is 0 Å². The van der Waals surface area contributed by atoms with Crippen LogP contribution in [0.2, 0.25) is 0 Å². The molecule has 0 rings (SSSR count). The number of hydrogen-bond acceptors (Lipinski definition) is 4. The summed E-state index contributed by atoms with van der Waals surface area (Å²) in [6.07, 6.45) is 6.51. The minimum Gasteiger partial charge on any atom is -0.394 e. The van der Waals surface area contributed by atoms with Crippen molar-refractivity contribution in [2.75, 3.05) is 6.61 Å². The fourth-order valence-corrected chi connectivity index (χ4v) is 2.02. The molecule has 0 fully saturated rings. The lowest BCUT2D eigenvalue weighted by Gasteiger charge is -2.21. The summed E-state index contributed by atoms with van der Waals surface area (Å²) in [5.74, 6) is 0. The number of hydrogen-bond donors (Lipinski definition) is 4. The van der Waals surface area contributed by atoms with Crippen molar-refractivity contribution in [3.8, 4) is 0 Å². The van der Waals surface area contributed by atoms with E-state index in [0.717, 1.165) is 19.3 Å². The molecule has 0 aliphatic heterocycles. The van der Waals surface area contributed by atoms with E-state index in [1.165, 1.54) is 32.1 Å². The van der Waals surface area contributed by atoms with Crippen LogP contribution in [0.5, 0.6) is 0 Å². The Hall–Kier alpha value is -0.160. The van der Waals surface area contributed by atoms with Gasteiger partial charge in [0.2, 0.25) is 0 Å². The minimum atomic E-state index is -1.24. The SMILES string of the molecule is CCCCCCCCCCC(O)[C@@H](O)[C@H](O)CO. The summed E-state index contributed by atoms with van der Waals surface area (Å²) in [7, 11) is 0. The van der Waals surface area contributed by atoms with Gasteiger partial charge in [-0.25, -0.2) is 0 Å². The molecular formula is C14H30O4. The van der Waals surface area contributed by atoms with E-state index in [-0.39, 0.29) is 0 Å². The molecular weight excluding hydrogens is 232 g/mol. The van der Waals surface area contributed by atoms with Gasteiger partial charge in [0.15, 0.2) is 0 Å². The summed E-state index contributed by atoms with van der Waals surface area (Å²) in [5, 5.41) is 36.8. The van der Waals surface area contributed by atoms with E-state index in [9.17, 15) is 10.2 Å². The van der Waals surface area contributed by atoms with Crippen LogP contribution in [0.4, 0.5) is 0 Å². The zero-order valence-corrected chi connectivity index (χ0v) is 11.6. The molecule has 110 valence electrons. The molecule has 0 aromatic rings. The summed E-state index contributed by atoms with van der Waals surface area (Å²) in [6.45, 7) is 1.68. The van der Waals surface area contributed by atoms with Gasteiger partial charge in [0.25, 0.3) is 0 Å². The molecule has 4 nitrogen and oxygen atoms in total. The van der Waals surface area contributed by atoms with Gasteiger partial charge in [-0.15, -0.1) is 0 Å². The molecule has 18 heavy (non-hydrogen) atoms. The Morgan fingerprint density at radius 1 is 0.722 bits per heavy atom. The molecule has 0 aliphatic carbocycles. The van der Waals surface area contributed by atoms with Crippen molar-refractivity contribution in [3.63, 3.8) is 0 Å². The summed E-state index contributed by atoms with van der Waals surface area (Å²) >= 11 is 0. The van der Waals surface area contributed by atoms with Crippen molar-refractivity contribution >= 4 is 0 Å². The number of rotatable bonds is 12. The maximum Gasteiger partial charge on any atom is 0.108 e. The van der Waals surface area contributed by atoms with E-state index in [2.05, 4.69) is 6.92 Å². The zero-order chi connectivity index (χ0) is 13.8. The average molecular weight is 262 g/mol. The van der Waals surface area contributed by atoms with Gasteiger partial charge in [-0.05, 0) is 6.42 Å². The number of unbranched alkanes of at least 4 members (excludes halogenated alkanes) is 7. The van der Waals surface area contributed by atoms with Crippen LogP contribution in [0.3, 0.4) is 0 Å². The van der Waals surface area contributed by atoms with Crippen LogP contribution in [0.25, 0.3) is 0 Å². The van der Waals surface area contributed by atoms with Gasteiger partial charge in [-0.3, -0.25) is 0 Å². The monoisotopic (exact) mass is 262 g/mol. The first-order valence-corrected chi connectivity index (χ1v) is 7.28. The van der Waals surface area contributed by atoms with E-state index in [4.69, 9.17) is 10.2 Å². The molecule has 0 aliphatic rings. The Balaban J connectivity index is 3.37. The minimum absolute atomic E-state index is 0.479. The van der Waals surface area contributed by atoms with E-state index < -0.39 is 24.9 Å². The molecule has 1 unspecified atom stereocenters. The quantitative estimate of drug-likeness (QED) is 0.403. The van der Waals surface area contributed by atoms with E-state index in [1.54, 1.807) is 0 Å². The second-order valence-corrected chi connectivity index (χ2v) is 5.07. The highest BCUT2D eigenvalue weighted by molar-refractivity contribution is 4.74. The molecule has 0 saturated carbocycles. The third kappa shape index (κ3) is 8.86. The molecule has 0 aromatic carbocycles. The summed E-state index contributed by atoms with van der Waals surface area (Å²) in [4.78, 5) is 0. The zero-order valence-electron chi connectivity index (χ0n) is 11.6. The van der Waals surface area contributed by atoms with Gasteiger partial charge in [0.05, 0.1) is 12.7 Å². The fraction of sp³-hybridized carbons (Fsp3) is 1.00. The Labute approximate surface area is 111 Å². The maximum atomic E-state index is 9.57. The molecule has 0 spiro atoms. The van der Waals surface area contributed by atoms with Crippen LogP contribution in [0.1, 0.15) is 64.7 Å². The predicted molar refractivity (Wildman–Crippen MR) is 72.3 cm³/mol. The molecule has 0 heterocycles.